The quantitative estimate of drug-likeness (QED) is 0.548. The molecule has 7 nitrogen and oxygen atoms in total. The summed E-state index contributed by atoms with van der Waals surface area (Å²) in [6.07, 6.45) is 1.76. The van der Waals surface area contributed by atoms with Crippen LogP contribution in [0.4, 0.5) is 4.39 Å². The molecule has 2 aromatic carbocycles. The van der Waals surface area contributed by atoms with Gasteiger partial charge in [-0.25, -0.2) is 18.2 Å². The van der Waals surface area contributed by atoms with Gasteiger partial charge in [0, 0.05) is 0 Å². The van der Waals surface area contributed by atoms with Gasteiger partial charge < -0.3 is 9.47 Å². The van der Waals surface area contributed by atoms with Crippen LogP contribution in [0.2, 0.25) is 0 Å². The van der Waals surface area contributed by atoms with Crippen molar-refractivity contribution in [1.29, 1.82) is 0 Å². The summed E-state index contributed by atoms with van der Waals surface area (Å²) in [7, 11) is -1.62. The monoisotopic (exact) mass is 420 g/mol. The van der Waals surface area contributed by atoms with Crippen LogP contribution in [0.15, 0.2) is 47.6 Å². The number of nitrogens with zero attached hydrogens (tertiary/aromatic N) is 1. The molecule has 0 unspecified atom stereocenters. The van der Waals surface area contributed by atoms with Gasteiger partial charge in [-0.05, 0) is 47.9 Å². The van der Waals surface area contributed by atoms with Crippen molar-refractivity contribution in [3.05, 3.63) is 59.4 Å². The second-order valence-corrected chi connectivity index (χ2v) is 8.89. The lowest BCUT2D eigenvalue weighted by atomic mass is 10.1. The fourth-order valence-corrected chi connectivity index (χ4v) is 4.63. The molecule has 154 valence electrons. The first-order valence-corrected chi connectivity index (χ1v) is 10.8. The van der Waals surface area contributed by atoms with Crippen molar-refractivity contribution >= 4 is 22.0 Å². The van der Waals surface area contributed by atoms with Gasteiger partial charge in [0.1, 0.15) is 12.4 Å². The average molecular weight is 420 g/mol. The molecule has 0 bridgehead atoms. The average Bonchev–Trinajstić information content (AvgIpc) is 3.07. The number of benzene rings is 2. The second-order valence-electron chi connectivity index (χ2n) is 6.66. The van der Waals surface area contributed by atoms with Crippen LogP contribution in [0.25, 0.3) is 0 Å². The van der Waals surface area contributed by atoms with Crippen molar-refractivity contribution in [2.45, 2.75) is 13.0 Å². The fraction of sp³-hybridized carbons (Fsp3) is 0.300. The number of carbonyl (C=O) groups excluding carboxylic acids is 1. The predicted octanol–water partition coefficient (Wildman–Crippen LogP) is 2.30. The van der Waals surface area contributed by atoms with Gasteiger partial charge in [0.2, 0.25) is 5.91 Å². The molecule has 1 heterocycles. The highest BCUT2D eigenvalue weighted by atomic mass is 32.2. The Labute approximate surface area is 168 Å². The van der Waals surface area contributed by atoms with E-state index in [4.69, 9.17) is 9.47 Å². The molecule has 9 heteroatoms. The fourth-order valence-electron chi connectivity index (χ4n) is 2.89. The smallest absolute Gasteiger partial charge is 0.244 e. The number of methoxy groups -OCH3 is 1. The number of nitrogens with one attached hydrogen (secondary N) is 1. The van der Waals surface area contributed by atoms with Gasteiger partial charge in [-0.2, -0.15) is 5.10 Å². The summed E-state index contributed by atoms with van der Waals surface area (Å²) in [5.41, 5.74) is 3.86. The van der Waals surface area contributed by atoms with E-state index in [1.807, 2.05) is 0 Å². The van der Waals surface area contributed by atoms with Crippen LogP contribution in [0.1, 0.15) is 17.5 Å². The van der Waals surface area contributed by atoms with E-state index in [1.165, 1.54) is 25.5 Å². The van der Waals surface area contributed by atoms with Crippen LogP contribution in [0, 0.1) is 11.7 Å². The molecule has 2 aromatic rings. The molecular formula is C20H21FN2O5S. The Morgan fingerprint density at radius 1 is 1.24 bits per heavy atom. The molecule has 3 rings (SSSR count). The minimum Gasteiger partial charge on any atom is -0.493 e. The van der Waals surface area contributed by atoms with Gasteiger partial charge in [0.15, 0.2) is 21.3 Å². The lowest BCUT2D eigenvalue weighted by Gasteiger charge is -2.11. The van der Waals surface area contributed by atoms with Gasteiger partial charge >= 0.3 is 0 Å². The standard InChI is InChI=1S/C20H21FN2O5S/c1-27-19-10-15(11-22-23-20(24)16-8-9-29(25,26)13-16)4-7-18(19)28-12-14-2-5-17(21)6-3-14/h2-7,10-11,16H,8-9,12-13H2,1H3,(H,23,24)/b22-11-/t16-/m0/s1. The van der Waals surface area contributed by atoms with E-state index in [0.29, 0.717) is 23.5 Å². The van der Waals surface area contributed by atoms with Crippen molar-refractivity contribution in [2.24, 2.45) is 11.0 Å². The molecule has 1 atom stereocenters. The molecule has 1 amide bonds. The molecule has 29 heavy (non-hydrogen) atoms. The summed E-state index contributed by atoms with van der Waals surface area (Å²) in [6, 6.07) is 11.1. The van der Waals surface area contributed by atoms with Crippen LogP contribution in [0.3, 0.4) is 0 Å². The Kier molecular flexibility index (Phi) is 6.48. The molecule has 0 radical (unpaired) electrons. The summed E-state index contributed by atoms with van der Waals surface area (Å²) in [5.74, 6) is -0.397. The highest BCUT2D eigenvalue weighted by Crippen LogP contribution is 2.28. The maximum atomic E-state index is 13.0. The van der Waals surface area contributed by atoms with Gasteiger partial charge in [-0.1, -0.05) is 12.1 Å². The third-order valence-electron chi connectivity index (χ3n) is 4.49. The molecule has 1 N–H and O–H groups in total. The van der Waals surface area contributed by atoms with Crippen LogP contribution in [0.5, 0.6) is 11.5 Å². The number of amides is 1. The minimum absolute atomic E-state index is 0.0331. The van der Waals surface area contributed by atoms with E-state index in [9.17, 15) is 17.6 Å². The van der Waals surface area contributed by atoms with E-state index in [0.717, 1.165) is 5.56 Å². The van der Waals surface area contributed by atoms with E-state index in [2.05, 4.69) is 10.5 Å². The summed E-state index contributed by atoms with van der Waals surface area (Å²) < 4.78 is 46.9. The molecule has 1 aliphatic heterocycles. The first kappa shape index (κ1) is 20.8. The summed E-state index contributed by atoms with van der Waals surface area (Å²) >= 11 is 0. The van der Waals surface area contributed by atoms with Gasteiger partial charge in [0.05, 0.1) is 30.7 Å². The number of sulfone groups is 1. The lowest BCUT2D eigenvalue weighted by Crippen LogP contribution is -2.27. The number of hydrogen-bond donors (Lipinski definition) is 1. The number of ether oxygens (including phenoxy) is 2. The number of hydrogen-bond acceptors (Lipinski definition) is 6. The molecule has 0 aromatic heterocycles. The normalized spacial score (nSPS) is 17.9. The van der Waals surface area contributed by atoms with Crippen LogP contribution >= 0.6 is 0 Å². The Morgan fingerprint density at radius 2 is 2.00 bits per heavy atom. The molecule has 0 saturated carbocycles. The number of halogens is 1. The Bertz CT molecular complexity index is 1010. The molecular weight excluding hydrogens is 399 g/mol. The van der Waals surface area contributed by atoms with E-state index >= 15 is 0 Å². The van der Waals surface area contributed by atoms with Gasteiger partial charge in [-0.15, -0.1) is 0 Å². The van der Waals surface area contributed by atoms with Crippen molar-refractivity contribution in [3.63, 3.8) is 0 Å². The van der Waals surface area contributed by atoms with Crippen molar-refractivity contribution in [3.8, 4) is 11.5 Å². The maximum Gasteiger partial charge on any atom is 0.244 e. The summed E-state index contributed by atoms with van der Waals surface area (Å²) in [5, 5.41) is 3.89. The minimum atomic E-state index is -3.12. The van der Waals surface area contributed by atoms with Crippen molar-refractivity contribution < 1.29 is 27.1 Å². The zero-order chi connectivity index (χ0) is 20.9. The number of hydrazone groups is 1. The molecule has 1 aliphatic rings. The molecule has 1 saturated heterocycles. The highest BCUT2D eigenvalue weighted by molar-refractivity contribution is 7.91. The molecule has 1 fully saturated rings. The van der Waals surface area contributed by atoms with Crippen molar-refractivity contribution in [2.75, 3.05) is 18.6 Å². The highest BCUT2D eigenvalue weighted by Gasteiger charge is 2.32. The number of carbonyl (C=O) groups is 1. The third-order valence-corrected chi connectivity index (χ3v) is 6.25. The predicted molar refractivity (Wildman–Crippen MR) is 106 cm³/mol. The SMILES string of the molecule is COc1cc(/C=N\NC(=O)[C@H]2CCS(=O)(=O)C2)ccc1OCc1ccc(F)cc1. The first-order chi connectivity index (χ1) is 13.9. The topological polar surface area (TPSA) is 94.1 Å². The van der Waals surface area contributed by atoms with Crippen LogP contribution < -0.4 is 14.9 Å². The van der Waals surface area contributed by atoms with E-state index < -0.39 is 21.7 Å². The van der Waals surface area contributed by atoms with Crippen molar-refractivity contribution in [1.82, 2.24) is 5.43 Å². The first-order valence-electron chi connectivity index (χ1n) is 8.95. The van der Waals surface area contributed by atoms with Crippen LogP contribution in [-0.4, -0.2) is 39.2 Å². The van der Waals surface area contributed by atoms with Gasteiger partial charge in [-0.3, -0.25) is 4.79 Å². The zero-order valence-corrected chi connectivity index (χ0v) is 16.6. The van der Waals surface area contributed by atoms with E-state index in [1.54, 1.807) is 30.3 Å². The van der Waals surface area contributed by atoms with Crippen LogP contribution in [-0.2, 0) is 21.2 Å². The zero-order valence-electron chi connectivity index (χ0n) is 15.8. The largest absolute Gasteiger partial charge is 0.493 e. The second kappa shape index (κ2) is 9.04. The Hall–Kier alpha value is -2.94. The third kappa shape index (κ3) is 5.77. The lowest BCUT2D eigenvalue weighted by molar-refractivity contribution is -0.124. The molecule has 0 aliphatic carbocycles. The molecule has 0 spiro atoms. The van der Waals surface area contributed by atoms with E-state index in [-0.39, 0.29) is 23.9 Å². The summed E-state index contributed by atoms with van der Waals surface area (Å²) in [6.45, 7) is 0.254. The Morgan fingerprint density at radius 3 is 2.66 bits per heavy atom. The van der Waals surface area contributed by atoms with Gasteiger partial charge in [0.25, 0.3) is 0 Å². The summed E-state index contributed by atoms with van der Waals surface area (Å²) in [4.78, 5) is 12.0. The Balaban J connectivity index is 1.58. The maximum absolute atomic E-state index is 13.0. The number of rotatable bonds is 7.